The van der Waals surface area contributed by atoms with Crippen LogP contribution in [0.4, 0.5) is 17.6 Å². The monoisotopic (exact) mass is 514 g/mol. The summed E-state index contributed by atoms with van der Waals surface area (Å²) in [6, 6.07) is 15.7. The molecule has 3 aromatic carbocycles. The second-order valence-electron chi connectivity index (χ2n) is 9.95. The highest BCUT2D eigenvalue weighted by molar-refractivity contribution is 5.71. The lowest BCUT2D eigenvalue weighted by molar-refractivity contribution is -0.0498. The Morgan fingerprint density at radius 3 is 2.03 bits per heavy atom. The highest BCUT2D eigenvalue weighted by Gasteiger charge is 2.21. The SMILES string of the molecule is CCCC[C@H]1CC[C@H](CCc2ccc(-c3ccc(F)c(F)c3Oc3ccc(OC(F)F)cc3)cc2)CC1. The van der Waals surface area contributed by atoms with Gasteiger partial charge < -0.3 is 9.47 Å². The average molecular weight is 515 g/mol. The Kier molecular flexibility index (Phi) is 9.48. The summed E-state index contributed by atoms with van der Waals surface area (Å²) in [6.45, 7) is -0.695. The van der Waals surface area contributed by atoms with Crippen LogP contribution in [0.5, 0.6) is 17.2 Å². The van der Waals surface area contributed by atoms with Crippen molar-refractivity contribution in [1.82, 2.24) is 0 Å². The van der Waals surface area contributed by atoms with Gasteiger partial charge in [0.05, 0.1) is 0 Å². The Balaban J connectivity index is 1.40. The fourth-order valence-corrected chi connectivity index (χ4v) is 5.19. The minimum absolute atomic E-state index is 0.0533. The van der Waals surface area contributed by atoms with Crippen LogP contribution in [0.2, 0.25) is 0 Å². The molecule has 0 aromatic heterocycles. The minimum atomic E-state index is -2.95. The van der Waals surface area contributed by atoms with Crippen molar-refractivity contribution in [2.45, 2.75) is 71.3 Å². The number of unbranched alkanes of at least 4 members (excludes halogenated alkanes) is 1. The first-order valence-corrected chi connectivity index (χ1v) is 13.2. The lowest BCUT2D eigenvalue weighted by atomic mass is 9.78. The van der Waals surface area contributed by atoms with E-state index in [1.54, 1.807) is 0 Å². The predicted molar refractivity (Wildman–Crippen MR) is 138 cm³/mol. The van der Waals surface area contributed by atoms with Crippen molar-refractivity contribution in [2.24, 2.45) is 11.8 Å². The van der Waals surface area contributed by atoms with Crippen LogP contribution in [0.15, 0.2) is 60.7 Å². The van der Waals surface area contributed by atoms with Crippen LogP contribution in [0, 0.1) is 23.5 Å². The van der Waals surface area contributed by atoms with E-state index in [0.29, 0.717) is 11.1 Å². The molecular formula is C31H34F4O2. The zero-order chi connectivity index (χ0) is 26.2. The topological polar surface area (TPSA) is 18.5 Å². The van der Waals surface area contributed by atoms with Crippen LogP contribution in [0.25, 0.3) is 11.1 Å². The summed E-state index contributed by atoms with van der Waals surface area (Å²) in [7, 11) is 0. The standard InChI is InChI=1S/C31H34F4O2/c1-2-3-4-21-5-7-22(8-6-21)9-10-23-11-13-24(14-12-23)27-19-20-28(32)29(33)30(27)36-25-15-17-26(18-16-25)37-31(34)35/h11-22,31H,2-10H2,1H3/t21-,22-. The summed E-state index contributed by atoms with van der Waals surface area (Å²) in [5, 5.41) is 0. The summed E-state index contributed by atoms with van der Waals surface area (Å²) >= 11 is 0. The van der Waals surface area contributed by atoms with Gasteiger partial charge in [-0.1, -0.05) is 76.1 Å². The van der Waals surface area contributed by atoms with Crippen molar-refractivity contribution < 1.29 is 27.0 Å². The van der Waals surface area contributed by atoms with Crippen LogP contribution in [0.1, 0.15) is 63.9 Å². The third-order valence-corrected chi connectivity index (χ3v) is 7.36. The Morgan fingerprint density at radius 2 is 1.41 bits per heavy atom. The molecule has 0 unspecified atom stereocenters. The maximum absolute atomic E-state index is 14.8. The van der Waals surface area contributed by atoms with Crippen LogP contribution in [0.3, 0.4) is 0 Å². The molecule has 0 bridgehead atoms. The van der Waals surface area contributed by atoms with Gasteiger partial charge in [0.25, 0.3) is 0 Å². The quantitative estimate of drug-likeness (QED) is 0.237. The number of ether oxygens (including phenoxy) is 2. The Labute approximate surface area is 216 Å². The van der Waals surface area contributed by atoms with E-state index in [2.05, 4.69) is 11.7 Å². The lowest BCUT2D eigenvalue weighted by Gasteiger charge is -2.28. The van der Waals surface area contributed by atoms with E-state index in [9.17, 15) is 17.6 Å². The summed E-state index contributed by atoms with van der Waals surface area (Å²) in [6.07, 6.45) is 11.5. The third-order valence-electron chi connectivity index (χ3n) is 7.36. The van der Waals surface area contributed by atoms with E-state index in [0.717, 1.165) is 24.3 Å². The van der Waals surface area contributed by atoms with Crippen molar-refractivity contribution in [2.75, 3.05) is 0 Å². The number of alkyl halides is 2. The van der Waals surface area contributed by atoms with Crippen LogP contribution in [-0.4, -0.2) is 6.61 Å². The summed E-state index contributed by atoms with van der Waals surface area (Å²) in [5.41, 5.74) is 2.33. The lowest BCUT2D eigenvalue weighted by Crippen LogP contribution is -2.15. The Bertz CT molecular complexity index is 1120. The molecule has 6 heteroatoms. The molecule has 0 amide bonds. The maximum Gasteiger partial charge on any atom is 0.387 e. The number of rotatable bonds is 11. The van der Waals surface area contributed by atoms with Crippen LogP contribution < -0.4 is 9.47 Å². The van der Waals surface area contributed by atoms with Crippen molar-refractivity contribution >= 4 is 0 Å². The molecule has 1 aliphatic rings. The molecule has 198 valence electrons. The van der Waals surface area contributed by atoms with Crippen molar-refractivity contribution in [3.8, 4) is 28.4 Å². The van der Waals surface area contributed by atoms with Crippen molar-refractivity contribution in [3.05, 3.63) is 77.9 Å². The van der Waals surface area contributed by atoms with E-state index in [1.807, 2.05) is 24.3 Å². The van der Waals surface area contributed by atoms with E-state index in [1.165, 1.54) is 87.3 Å². The molecule has 0 heterocycles. The van der Waals surface area contributed by atoms with Gasteiger partial charge in [-0.15, -0.1) is 0 Å². The largest absolute Gasteiger partial charge is 0.454 e. The zero-order valence-electron chi connectivity index (χ0n) is 21.2. The summed E-state index contributed by atoms with van der Waals surface area (Å²) < 4.78 is 63.6. The molecule has 0 spiro atoms. The first-order chi connectivity index (χ1) is 17.9. The molecular weight excluding hydrogens is 480 g/mol. The smallest absolute Gasteiger partial charge is 0.387 e. The first-order valence-electron chi connectivity index (χ1n) is 13.2. The van der Waals surface area contributed by atoms with Gasteiger partial charge >= 0.3 is 6.61 Å². The van der Waals surface area contributed by atoms with Gasteiger partial charge in [0.2, 0.25) is 5.82 Å². The molecule has 4 rings (SSSR count). The number of halogens is 4. The van der Waals surface area contributed by atoms with Gasteiger partial charge in [-0.25, -0.2) is 4.39 Å². The molecule has 1 saturated carbocycles. The predicted octanol–water partition coefficient (Wildman–Crippen LogP) is 9.95. The number of hydrogen-bond acceptors (Lipinski definition) is 2. The highest BCUT2D eigenvalue weighted by Crippen LogP contribution is 2.38. The molecule has 0 saturated heterocycles. The number of benzene rings is 3. The number of hydrogen-bond donors (Lipinski definition) is 0. The first kappa shape index (κ1) is 27.0. The molecule has 0 aliphatic heterocycles. The second-order valence-corrected chi connectivity index (χ2v) is 9.95. The van der Waals surface area contributed by atoms with E-state index in [4.69, 9.17) is 4.74 Å². The van der Waals surface area contributed by atoms with Gasteiger partial charge in [0, 0.05) is 5.56 Å². The normalized spacial score (nSPS) is 17.7. The van der Waals surface area contributed by atoms with E-state index >= 15 is 0 Å². The van der Waals surface area contributed by atoms with E-state index in [-0.39, 0.29) is 17.2 Å². The van der Waals surface area contributed by atoms with Gasteiger partial charge in [-0.05, 0) is 72.2 Å². The van der Waals surface area contributed by atoms with Gasteiger partial charge in [0.15, 0.2) is 11.6 Å². The second kappa shape index (κ2) is 13.0. The molecule has 0 N–H and O–H groups in total. The molecule has 1 fully saturated rings. The van der Waals surface area contributed by atoms with Crippen molar-refractivity contribution in [3.63, 3.8) is 0 Å². The minimum Gasteiger partial charge on any atom is -0.454 e. The fraction of sp³-hybridized carbons (Fsp3) is 0.419. The molecule has 3 aromatic rings. The zero-order valence-corrected chi connectivity index (χ0v) is 21.2. The molecule has 0 atom stereocenters. The molecule has 2 nitrogen and oxygen atoms in total. The van der Waals surface area contributed by atoms with E-state index < -0.39 is 18.2 Å². The molecule has 37 heavy (non-hydrogen) atoms. The Morgan fingerprint density at radius 1 is 0.784 bits per heavy atom. The van der Waals surface area contributed by atoms with Crippen LogP contribution in [-0.2, 0) is 6.42 Å². The summed E-state index contributed by atoms with van der Waals surface area (Å²) in [4.78, 5) is 0. The fourth-order valence-electron chi connectivity index (χ4n) is 5.19. The van der Waals surface area contributed by atoms with Crippen molar-refractivity contribution in [1.29, 1.82) is 0 Å². The van der Waals surface area contributed by atoms with Gasteiger partial charge in [-0.2, -0.15) is 13.2 Å². The molecule has 0 radical (unpaired) electrons. The number of aryl methyl sites for hydroxylation is 1. The highest BCUT2D eigenvalue weighted by atomic mass is 19.3. The molecule has 1 aliphatic carbocycles. The van der Waals surface area contributed by atoms with Gasteiger partial charge in [0.1, 0.15) is 11.5 Å². The van der Waals surface area contributed by atoms with Gasteiger partial charge in [-0.3, -0.25) is 0 Å². The average Bonchev–Trinajstić information content (AvgIpc) is 2.91. The Hall–Kier alpha value is -3.02. The van der Waals surface area contributed by atoms with Crippen LogP contribution >= 0.6 is 0 Å². The third kappa shape index (κ3) is 7.50. The maximum atomic E-state index is 14.8. The summed E-state index contributed by atoms with van der Waals surface area (Å²) in [5.74, 6) is -0.583.